The van der Waals surface area contributed by atoms with Crippen LogP contribution in [0.3, 0.4) is 0 Å². The summed E-state index contributed by atoms with van der Waals surface area (Å²) in [6.07, 6.45) is 0. The second-order valence-corrected chi connectivity index (χ2v) is 6.37. The van der Waals surface area contributed by atoms with Gasteiger partial charge in [0.1, 0.15) is 18.1 Å². The summed E-state index contributed by atoms with van der Waals surface area (Å²) in [5, 5.41) is 3.33. The number of methoxy groups -OCH3 is 1. The molecule has 0 aliphatic carbocycles. The van der Waals surface area contributed by atoms with Crippen molar-refractivity contribution in [3.05, 3.63) is 75.7 Å². The van der Waals surface area contributed by atoms with Crippen LogP contribution in [0.5, 0.6) is 5.75 Å². The summed E-state index contributed by atoms with van der Waals surface area (Å²) in [5.74, 6) is 0.787. The van der Waals surface area contributed by atoms with Gasteiger partial charge in [0.15, 0.2) is 0 Å². The highest BCUT2D eigenvalue weighted by Crippen LogP contribution is 2.20. The Morgan fingerprint density at radius 1 is 1.15 bits per heavy atom. The van der Waals surface area contributed by atoms with E-state index in [-0.39, 0.29) is 18.0 Å². The molecule has 1 aromatic heterocycles. The smallest absolute Gasteiger partial charge is 0.254 e. The highest BCUT2D eigenvalue weighted by atomic mass is 35.5. The molecule has 3 rings (SSSR count). The molecule has 0 bridgehead atoms. The number of rotatable bonds is 5. The molecule has 3 aromatic rings. The first kappa shape index (κ1) is 18.7. The summed E-state index contributed by atoms with van der Waals surface area (Å²) < 4.78 is 6.51. The van der Waals surface area contributed by atoms with Gasteiger partial charge >= 0.3 is 0 Å². The lowest BCUT2D eigenvalue weighted by Gasteiger charge is -2.13. The van der Waals surface area contributed by atoms with E-state index >= 15 is 0 Å². The maximum Gasteiger partial charge on any atom is 0.254 e. The van der Waals surface area contributed by atoms with E-state index in [0.717, 1.165) is 5.56 Å². The lowest BCUT2D eigenvalue weighted by atomic mass is 10.2. The lowest BCUT2D eigenvalue weighted by molar-refractivity contribution is -0.116. The first-order chi connectivity index (χ1) is 13.0. The number of hydrogen-bond acceptors (Lipinski definition) is 4. The molecule has 0 aliphatic heterocycles. The van der Waals surface area contributed by atoms with Gasteiger partial charge in [-0.05, 0) is 55.5 Å². The van der Waals surface area contributed by atoms with Gasteiger partial charge in [0.25, 0.3) is 5.56 Å². The number of benzene rings is 2. The summed E-state index contributed by atoms with van der Waals surface area (Å²) >= 11 is 5.85. The molecule has 27 heavy (non-hydrogen) atoms. The van der Waals surface area contributed by atoms with Crippen LogP contribution in [0.15, 0.2) is 59.4 Å². The van der Waals surface area contributed by atoms with Crippen molar-refractivity contribution in [1.29, 1.82) is 0 Å². The summed E-state index contributed by atoms with van der Waals surface area (Å²) in [7, 11) is 1.58. The second kappa shape index (κ2) is 8.05. The van der Waals surface area contributed by atoms with E-state index in [1.165, 1.54) is 10.6 Å². The minimum absolute atomic E-state index is 0.157. The fourth-order valence-electron chi connectivity index (χ4n) is 2.61. The van der Waals surface area contributed by atoms with Gasteiger partial charge in [-0.25, -0.2) is 4.98 Å². The van der Waals surface area contributed by atoms with E-state index in [2.05, 4.69) is 10.3 Å². The quantitative estimate of drug-likeness (QED) is 0.731. The fraction of sp³-hybridized carbons (Fsp3) is 0.150. The summed E-state index contributed by atoms with van der Waals surface area (Å²) in [6.45, 7) is 1.59. The average molecular weight is 384 g/mol. The first-order valence-corrected chi connectivity index (χ1v) is 8.62. The maximum absolute atomic E-state index is 12.5. The molecule has 0 spiro atoms. The van der Waals surface area contributed by atoms with Crippen LogP contribution in [0.2, 0.25) is 5.02 Å². The number of ether oxygens (including phenoxy) is 1. The van der Waals surface area contributed by atoms with Gasteiger partial charge in [-0.15, -0.1) is 0 Å². The SMILES string of the molecule is COc1ccc(-c2nc(C)cc(=O)n2CC(=O)Nc2ccc(Cl)cc2)cc1. The van der Waals surface area contributed by atoms with Crippen molar-refractivity contribution in [2.24, 2.45) is 0 Å². The molecule has 6 nitrogen and oxygen atoms in total. The van der Waals surface area contributed by atoms with Crippen LogP contribution >= 0.6 is 11.6 Å². The number of halogens is 1. The van der Waals surface area contributed by atoms with Gasteiger partial charge in [-0.3, -0.25) is 14.2 Å². The van der Waals surface area contributed by atoms with Crippen LogP contribution in [-0.2, 0) is 11.3 Å². The molecule has 2 aromatic carbocycles. The number of nitrogens with one attached hydrogen (secondary N) is 1. The predicted octanol–water partition coefficient (Wildman–Crippen LogP) is 3.52. The van der Waals surface area contributed by atoms with Gasteiger partial charge in [0.2, 0.25) is 5.91 Å². The van der Waals surface area contributed by atoms with Gasteiger partial charge in [0.05, 0.1) is 7.11 Å². The highest BCUT2D eigenvalue weighted by molar-refractivity contribution is 6.30. The van der Waals surface area contributed by atoms with Gasteiger partial charge in [-0.1, -0.05) is 11.6 Å². The van der Waals surface area contributed by atoms with Crippen LogP contribution in [0, 0.1) is 6.92 Å². The van der Waals surface area contributed by atoms with Gasteiger partial charge < -0.3 is 10.1 Å². The molecule has 1 N–H and O–H groups in total. The van der Waals surface area contributed by atoms with Crippen molar-refractivity contribution in [2.75, 3.05) is 12.4 Å². The molecule has 0 unspecified atom stereocenters. The second-order valence-electron chi connectivity index (χ2n) is 5.93. The lowest BCUT2D eigenvalue weighted by Crippen LogP contribution is -2.29. The number of carbonyl (C=O) groups is 1. The Morgan fingerprint density at radius 2 is 1.81 bits per heavy atom. The van der Waals surface area contributed by atoms with E-state index in [4.69, 9.17) is 16.3 Å². The molecule has 138 valence electrons. The standard InChI is InChI=1S/C20H18ClN3O3/c1-13-11-19(26)24(12-18(25)23-16-7-5-15(21)6-8-16)20(22-13)14-3-9-17(27-2)10-4-14/h3-11H,12H2,1-2H3,(H,23,25). The van der Waals surface area contributed by atoms with E-state index in [1.54, 1.807) is 62.6 Å². The van der Waals surface area contributed by atoms with E-state index in [9.17, 15) is 9.59 Å². The molecule has 0 fully saturated rings. The number of carbonyl (C=O) groups excluding carboxylic acids is 1. The maximum atomic E-state index is 12.5. The van der Waals surface area contributed by atoms with E-state index in [1.807, 2.05) is 0 Å². The van der Waals surface area contributed by atoms with Gasteiger partial charge in [-0.2, -0.15) is 0 Å². The monoisotopic (exact) mass is 383 g/mol. The average Bonchev–Trinajstić information content (AvgIpc) is 2.65. The minimum atomic E-state index is -0.333. The molecule has 0 saturated heterocycles. The van der Waals surface area contributed by atoms with Crippen molar-refractivity contribution in [2.45, 2.75) is 13.5 Å². The molecular formula is C20H18ClN3O3. The van der Waals surface area contributed by atoms with E-state index < -0.39 is 0 Å². The molecule has 0 radical (unpaired) electrons. The zero-order chi connectivity index (χ0) is 19.4. The number of aryl methyl sites for hydroxylation is 1. The predicted molar refractivity (Wildman–Crippen MR) is 105 cm³/mol. The Labute approximate surface area is 161 Å². The Balaban J connectivity index is 1.90. The zero-order valence-corrected chi connectivity index (χ0v) is 15.7. The summed E-state index contributed by atoms with van der Waals surface area (Å²) in [6, 6.07) is 15.3. The third kappa shape index (κ3) is 4.54. The molecule has 0 atom stereocenters. The minimum Gasteiger partial charge on any atom is -0.497 e. The van der Waals surface area contributed by atoms with Crippen LogP contribution in [0.25, 0.3) is 11.4 Å². The first-order valence-electron chi connectivity index (χ1n) is 8.24. The number of aromatic nitrogens is 2. The Hall–Kier alpha value is -3.12. The number of anilines is 1. The highest BCUT2D eigenvalue weighted by Gasteiger charge is 2.13. The van der Waals surface area contributed by atoms with Gasteiger partial charge in [0, 0.05) is 28.0 Å². The van der Waals surface area contributed by atoms with Crippen LogP contribution < -0.4 is 15.6 Å². The third-order valence-corrected chi connectivity index (χ3v) is 4.17. The molecular weight excluding hydrogens is 366 g/mol. The summed E-state index contributed by atoms with van der Waals surface area (Å²) in [5.41, 5.74) is 1.61. The largest absolute Gasteiger partial charge is 0.497 e. The number of hydrogen-bond donors (Lipinski definition) is 1. The number of amides is 1. The molecule has 1 heterocycles. The van der Waals surface area contributed by atoms with Crippen LogP contribution in [0.1, 0.15) is 5.69 Å². The molecule has 0 saturated carbocycles. The topological polar surface area (TPSA) is 73.2 Å². The molecule has 1 amide bonds. The van der Waals surface area contributed by atoms with Crippen LogP contribution in [0.4, 0.5) is 5.69 Å². The van der Waals surface area contributed by atoms with Crippen molar-refractivity contribution in [3.63, 3.8) is 0 Å². The van der Waals surface area contributed by atoms with Crippen molar-refractivity contribution >= 4 is 23.2 Å². The normalized spacial score (nSPS) is 10.5. The third-order valence-electron chi connectivity index (χ3n) is 3.91. The van der Waals surface area contributed by atoms with Crippen LogP contribution in [-0.4, -0.2) is 22.6 Å². The zero-order valence-electron chi connectivity index (χ0n) is 14.9. The number of nitrogens with zero attached hydrogens (tertiary/aromatic N) is 2. The fourth-order valence-corrected chi connectivity index (χ4v) is 2.74. The Bertz CT molecular complexity index is 1010. The van der Waals surface area contributed by atoms with Crippen molar-refractivity contribution in [1.82, 2.24) is 9.55 Å². The van der Waals surface area contributed by atoms with Crippen molar-refractivity contribution < 1.29 is 9.53 Å². The molecule has 7 heteroatoms. The Morgan fingerprint density at radius 3 is 2.44 bits per heavy atom. The Kier molecular flexibility index (Phi) is 5.57. The van der Waals surface area contributed by atoms with Crippen molar-refractivity contribution in [3.8, 4) is 17.1 Å². The molecule has 0 aliphatic rings. The summed E-state index contributed by atoms with van der Waals surface area (Å²) in [4.78, 5) is 29.4. The van der Waals surface area contributed by atoms with E-state index in [0.29, 0.717) is 28.0 Å².